The highest BCUT2D eigenvalue weighted by atomic mass is 16.5. The van der Waals surface area contributed by atoms with Crippen LogP contribution >= 0.6 is 0 Å². The fraction of sp³-hybridized carbons (Fsp3) is 0.217. The van der Waals surface area contributed by atoms with Crippen molar-refractivity contribution in [1.82, 2.24) is 9.97 Å². The van der Waals surface area contributed by atoms with Crippen LogP contribution in [-0.4, -0.2) is 55.6 Å². The van der Waals surface area contributed by atoms with Crippen molar-refractivity contribution in [1.29, 1.82) is 0 Å². The number of nitrogens with zero attached hydrogens (tertiary/aromatic N) is 3. The molecular weight excluding hydrogens is 426 g/mol. The maximum atomic E-state index is 12.2. The molecule has 3 aromatic rings. The highest BCUT2D eigenvalue weighted by Gasteiger charge is 2.18. The van der Waals surface area contributed by atoms with Gasteiger partial charge in [-0.25, -0.2) is 14.8 Å². The van der Waals surface area contributed by atoms with Gasteiger partial charge in [-0.05, 0) is 36.4 Å². The van der Waals surface area contributed by atoms with E-state index in [-0.39, 0.29) is 12.2 Å². The lowest BCUT2D eigenvalue weighted by Crippen LogP contribution is -2.37. The maximum Gasteiger partial charge on any atom is 0.373 e. The Bertz CT molecular complexity index is 1080. The number of carbonyl (C=O) groups is 1. The fourth-order valence-corrected chi connectivity index (χ4v) is 3.16. The number of carbonyl (C=O) groups excluding carboxylic acids is 3. The molecule has 10 heteroatoms. The lowest BCUT2D eigenvalue weighted by molar-refractivity contribution is -0.191. The molecule has 0 aliphatic carbocycles. The molecule has 0 bridgehead atoms. The fourth-order valence-electron chi connectivity index (χ4n) is 3.16. The van der Waals surface area contributed by atoms with Crippen molar-refractivity contribution in [2.45, 2.75) is 0 Å². The normalized spacial score (nSPS) is 12.6. The molecular formula is C23H23N5O5. The summed E-state index contributed by atoms with van der Waals surface area (Å²) in [6.45, 7) is 2.83. The number of ether oxygens (including phenoxy) is 2. The number of rotatable bonds is 5. The molecule has 2 aromatic carbocycles. The Balaban J connectivity index is 0.000000968. The topological polar surface area (TPSA) is 123 Å². The molecule has 1 aromatic heterocycles. The number of hydrogen-bond donors (Lipinski definition) is 2. The maximum absolute atomic E-state index is 12.2. The minimum absolute atomic E-state index is 0.250. The van der Waals surface area contributed by atoms with E-state index in [1.165, 1.54) is 0 Å². The van der Waals surface area contributed by atoms with Gasteiger partial charge in [0.05, 0.1) is 26.5 Å². The van der Waals surface area contributed by atoms with Crippen LogP contribution in [-0.2, 0) is 14.3 Å². The zero-order valence-electron chi connectivity index (χ0n) is 18.0. The van der Waals surface area contributed by atoms with Crippen LogP contribution in [0.15, 0.2) is 60.8 Å². The summed E-state index contributed by atoms with van der Waals surface area (Å²) >= 11 is 0. The van der Waals surface area contributed by atoms with Crippen LogP contribution in [0.2, 0.25) is 0 Å². The van der Waals surface area contributed by atoms with Crippen LogP contribution in [0.1, 0.15) is 0 Å². The summed E-state index contributed by atoms with van der Waals surface area (Å²) in [6.07, 6.45) is 1.94. The van der Waals surface area contributed by atoms with Crippen molar-refractivity contribution in [3.8, 4) is 17.1 Å². The van der Waals surface area contributed by atoms with Gasteiger partial charge in [-0.1, -0.05) is 18.2 Å². The highest BCUT2D eigenvalue weighted by molar-refractivity contribution is 5.99. The van der Waals surface area contributed by atoms with Crippen molar-refractivity contribution in [2.75, 3.05) is 48.9 Å². The monoisotopic (exact) mass is 449 g/mol. The highest BCUT2D eigenvalue weighted by Crippen LogP contribution is 2.29. The van der Waals surface area contributed by atoms with Gasteiger partial charge < -0.3 is 25.0 Å². The molecule has 0 unspecified atom stereocenters. The van der Waals surface area contributed by atoms with E-state index in [2.05, 4.69) is 20.5 Å². The number of urea groups is 1. The van der Waals surface area contributed by atoms with E-state index in [1.807, 2.05) is 54.6 Å². The predicted octanol–water partition coefficient (Wildman–Crippen LogP) is 3.05. The minimum Gasteiger partial charge on any atom is -0.491 e. The zero-order valence-corrected chi connectivity index (χ0v) is 18.0. The smallest absolute Gasteiger partial charge is 0.373 e. The van der Waals surface area contributed by atoms with E-state index in [0.717, 1.165) is 30.2 Å². The van der Waals surface area contributed by atoms with Crippen LogP contribution in [0, 0.1) is 0 Å². The van der Waals surface area contributed by atoms with Gasteiger partial charge in [-0.3, -0.25) is 0 Å². The first kappa shape index (κ1) is 23.4. The summed E-state index contributed by atoms with van der Waals surface area (Å²) < 4.78 is 10.9. The second-order valence-electron chi connectivity index (χ2n) is 6.79. The van der Waals surface area contributed by atoms with Gasteiger partial charge in [0, 0.05) is 30.0 Å². The molecule has 1 aliphatic rings. The average molecular weight is 449 g/mol. The quantitative estimate of drug-likeness (QED) is 0.609. The molecule has 2 amide bonds. The number of anilines is 3. The third-order valence-electron chi connectivity index (χ3n) is 4.70. The average Bonchev–Trinajstić information content (AvgIpc) is 2.86. The van der Waals surface area contributed by atoms with Crippen molar-refractivity contribution in [3.63, 3.8) is 0 Å². The summed E-state index contributed by atoms with van der Waals surface area (Å²) in [5.41, 5.74) is 2.25. The Morgan fingerprint density at radius 1 is 1.00 bits per heavy atom. The number of amides is 2. The molecule has 1 aliphatic heterocycles. The van der Waals surface area contributed by atoms with Crippen LogP contribution in [0.5, 0.6) is 5.75 Å². The molecule has 0 radical (unpaired) electrons. The van der Waals surface area contributed by atoms with Gasteiger partial charge in [0.15, 0.2) is 17.4 Å². The molecule has 0 atom stereocenters. The summed E-state index contributed by atoms with van der Waals surface area (Å²) in [6, 6.07) is 16.4. The van der Waals surface area contributed by atoms with E-state index >= 15 is 0 Å². The first-order valence-electron chi connectivity index (χ1n) is 10.1. The molecule has 0 saturated carbocycles. The number of aromatic nitrogens is 2. The predicted molar refractivity (Wildman–Crippen MR) is 121 cm³/mol. The Morgan fingerprint density at radius 3 is 2.21 bits per heavy atom. The standard InChI is InChI=1S/C22H23N5O3.CO2/c1-29-19-15-23-20(26-21(19)27-11-13-30-14-12-27)16-7-9-18(10-8-16)25-22(28)24-17-5-3-2-4-6-17;2-1-3/h2-10,15H,11-14H2,1H3,(H2,24,25,28);. The van der Waals surface area contributed by atoms with Gasteiger partial charge in [0.25, 0.3) is 0 Å². The molecule has 1 saturated heterocycles. The molecule has 33 heavy (non-hydrogen) atoms. The van der Waals surface area contributed by atoms with E-state index in [9.17, 15) is 4.79 Å². The Kier molecular flexibility index (Phi) is 8.47. The molecule has 0 spiro atoms. The number of methoxy groups -OCH3 is 1. The van der Waals surface area contributed by atoms with E-state index in [4.69, 9.17) is 24.0 Å². The van der Waals surface area contributed by atoms with Gasteiger partial charge in [-0.2, -0.15) is 9.59 Å². The van der Waals surface area contributed by atoms with Crippen LogP contribution in [0.3, 0.4) is 0 Å². The number of benzene rings is 2. The molecule has 4 rings (SSSR count). The minimum atomic E-state index is -0.302. The summed E-state index contributed by atoms with van der Waals surface area (Å²) in [7, 11) is 1.61. The molecule has 2 heterocycles. The zero-order chi connectivity index (χ0) is 23.5. The van der Waals surface area contributed by atoms with Crippen molar-refractivity contribution in [2.24, 2.45) is 0 Å². The third-order valence-corrected chi connectivity index (χ3v) is 4.70. The van der Waals surface area contributed by atoms with Crippen LogP contribution < -0.4 is 20.3 Å². The van der Waals surface area contributed by atoms with E-state index in [1.54, 1.807) is 13.3 Å². The molecule has 1 fully saturated rings. The largest absolute Gasteiger partial charge is 0.491 e. The van der Waals surface area contributed by atoms with Gasteiger partial charge in [0.1, 0.15) is 0 Å². The first-order chi connectivity index (χ1) is 16.1. The number of morpholine rings is 1. The summed E-state index contributed by atoms with van der Waals surface area (Å²) in [4.78, 5) is 39.7. The van der Waals surface area contributed by atoms with E-state index in [0.29, 0.717) is 30.5 Å². The Hall–Kier alpha value is -4.27. The Morgan fingerprint density at radius 2 is 1.61 bits per heavy atom. The van der Waals surface area contributed by atoms with Gasteiger partial charge in [-0.15, -0.1) is 0 Å². The van der Waals surface area contributed by atoms with Gasteiger partial charge in [0.2, 0.25) is 0 Å². The first-order valence-corrected chi connectivity index (χ1v) is 10.1. The molecule has 10 nitrogen and oxygen atoms in total. The second-order valence-corrected chi connectivity index (χ2v) is 6.79. The van der Waals surface area contributed by atoms with Crippen LogP contribution in [0.25, 0.3) is 11.4 Å². The van der Waals surface area contributed by atoms with Crippen molar-refractivity contribution >= 4 is 29.4 Å². The number of para-hydroxylation sites is 1. The number of nitrogens with one attached hydrogen (secondary N) is 2. The van der Waals surface area contributed by atoms with Gasteiger partial charge >= 0.3 is 12.2 Å². The van der Waals surface area contributed by atoms with Crippen molar-refractivity contribution < 1.29 is 23.9 Å². The lowest BCUT2D eigenvalue weighted by atomic mass is 10.2. The second kappa shape index (κ2) is 11.9. The molecule has 170 valence electrons. The molecule has 2 N–H and O–H groups in total. The summed E-state index contributed by atoms with van der Waals surface area (Å²) in [5.74, 6) is 1.99. The Labute approximate surface area is 190 Å². The van der Waals surface area contributed by atoms with Crippen molar-refractivity contribution in [3.05, 3.63) is 60.8 Å². The SMILES string of the molecule is COc1cnc(-c2ccc(NC(=O)Nc3ccccc3)cc2)nc1N1CCOCC1.O=C=O. The number of hydrogen-bond acceptors (Lipinski definition) is 8. The third kappa shape index (κ3) is 6.60. The van der Waals surface area contributed by atoms with Crippen LogP contribution in [0.4, 0.5) is 22.0 Å². The lowest BCUT2D eigenvalue weighted by Gasteiger charge is -2.28. The summed E-state index contributed by atoms with van der Waals surface area (Å²) in [5, 5.41) is 5.61. The van der Waals surface area contributed by atoms with E-state index < -0.39 is 0 Å².